The third kappa shape index (κ3) is 29.4. The molecule has 292 valence electrons. The Hall–Kier alpha value is -0.360. The Morgan fingerprint density at radius 2 is 0.771 bits per heavy atom. The number of nitrogens with one attached hydrogen (secondary N) is 2. The lowest BCUT2D eigenvalue weighted by atomic mass is 10.2. The van der Waals surface area contributed by atoms with Gasteiger partial charge in [0.25, 0.3) is 0 Å². The maximum atomic E-state index is 3.66. The van der Waals surface area contributed by atoms with Crippen LogP contribution in [-0.4, -0.2) is 200 Å². The molecule has 0 rings (SSSR count). The smallest absolute Gasteiger partial charge is 0.0110 e. The summed E-state index contributed by atoms with van der Waals surface area (Å²) in [5.41, 5.74) is 0. The molecule has 2 N–H and O–H groups in total. The van der Waals surface area contributed by atoms with Gasteiger partial charge in [0.2, 0.25) is 0 Å². The average molecular weight is 686 g/mol. The molecule has 0 amide bonds. The molecule has 0 radical (unpaired) electrons. The Balaban J connectivity index is 0. The van der Waals surface area contributed by atoms with Crippen LogP contribution in [0.1, 0.15) is 93.8 Å². The van der Waals surface area contributed by atoms with Gasteiger partial charge in [-0.05, 0) is 93.0 Å². The fourth-order valence-electron chi connectivity index (χ4n) is 6.17. The van der Waals surface area contributed by atoms with Gasteiger partial charge >= 0.3 is 0 Å². The highest BCUT2D eigenvalue weighted by Crippen LogP contribution is 2.05. The van der Waals surface area contributed by atoms with Crippen LogP contribution in [0.25, 0.3) is 0 Å². The highest BCUT2D eigenvalue weighted by atomic mass is 15.3. The normalized spacial score (nSPS) is 12.5. The minimum absolute atomic E-state index is 0. The fraction of sp³-hybridized carbons (Fsp3) is 1.00. The highest BCUT2D eigenvalue weighted by Gasteiger charge is 2.14. The average Bonchev–Trinajstić information content (AvgIpc) is 3.08. The third-order valence-electron chi connectivity index (χ3n) is 9.73. The van der Waals surface area contributed by atoms with Gasteiger partial charge in [-0.15, -0.1) is 0 Å². The number of hydrogen-bond donors (Lipinski definition) is 2. The molecule has 0 aliphatic rings. The van der Waals surface area contributed by atoms with E-state index in [1.807, 2.05) is 7.05 Å². The molecule has 0 fully saturated rings. The first-order chi connectivity index (χ1) is 23.3. The first-order valence-electron chi connectivity index (χ1n) is 20.6. The van der Waals surface area contributed by atoms with Crippen molar-refractivity contribution in [3.05, 3.63) is 0 Å². The molecule has 0 spiro atoms. The van der Waals surface area contributed by atoms with Crippen molar-refractivity contribution in [2.75, 3.05) is 166 Å². The third-order valence-corrected chi connectivity index (χ3v) is 9.73. The van der Waals surface area contributed by atoms with Gasteiger partial charge in [0.05, 0.1) is 0 Å². The summed E-state index contributed by atoms with van der Waals surface area (Å²) in [6.45, 7) is 35.9. The molecule has 0 aromatic carbocycles. The molecule has 0 aromatic rings. The summed E-state index contributed by atoms with van der Waals surface area (Å²) in [5.74, 6) is 0. The fourth-order valence-corrected chi connectivity index (χ4v) is 6.17. The van der Waals surface area contributed by atoms with Crippen LogP contribution in [0.5, 0.6) is 0 Å². The van der Waals surface area contributed by atoms with Crippen molar-refractivity contribution in [3.63, 3.8) is 0 Å². The lowest BCUT2D eigenvalue weighted by Gasteiger charge is -2.32. The number of unbranched alkanes of at least 4 members (excludes halogenated alkanes) is 4. The lowest BCUT2D eigenvalue weighted by molar-refractivity contribution is 0.154. The van der Waals surface area contributed by atoms with Crippen LogP contribution < -0.4 is 10.6 Å². The van der Waals surface area contributed by atoms with E-state index in [1.165, 1.54) is 104 Å². The van der Waals surface area contributed by atoms with E-state index in [-0.39, 0.29) is 1.43 Å². The predicted molar refractivity (Wildman–Crippen MR) is 217 cm³/mol. The molecule has 0 bridgehead atoms. The van der Waals surface area contributed by atoms with Crippen molar-refractivity contribution in [2.45, 2.75) is 92.4 Å². The Labute approximate surface area is 304 Å². The second-order valence-electron chi connectivity index (χ2n) is 14.5. The molecule has 0 unspecified atom stereocenters. The van der Waals surface area contributed by atoms with E-state index >= 15 is 0 Å². The minimum atomic E-state index is 0. The summed E-state index contributed by atoms with van der Waals surface area (Å²) in [5, 5.41) is 6.95. The van der Waals surface area contributed by atoms with E-state index in [1.54, 1.807) is 0 Å². The van der Waals surface area contributed by atoms with Gasteiger partial charge in [-0.1, -0.05) is 60.3 Å². The largest absolute Gasteiger partial charge is 0.318 e. The second kappa shape index (κ2) is 35.1. The van der Waals surface area contributed by atoms with Crippen LogP contribution in [0.3, 0.4) is 0 Å². The first-order valence-corrected chi connectivity index (χ1v) is 20.6. The SMILES string of the molecule is CCCCCCN(CCCC)CCN(CCNCCC)CCN(C)CCN(CCC)CCN(CCN(C)CCC)CCN(C)CCNC.[HH]. The highest BCUT2D eigenvalue weighted by molar-refractivity contribution is 4.71. The molecule has 0 saturated heterocycles. The van der Waals surface area contributed by atoms with E-state index in [2.05, 4.69) is 101 Å². The number of likely N-dealkylation sites (N-methyl/N-ethyl adjacent to an activating group) is 4. The Kier molecular flexibility index (Phi) is 34.8. The second-order valence-corrected chi connectivity index (χ2v) is 14.5. The van der Waals surface area contributed by atoms with Gasteiger partial charge in [-0.2, -0.15) is 0 Å². The summed E-state index contributed by atoms with van der Waals surface area (Å²) in [4.78, 5) is 18.5. The number of nitrogens with zero attached hydrogens (tertiary/aromatic N) is 7. The van der Waals surface area contributed by atoms with Gasteiger partial charge in [-0.25, -0.2) is 0 Å². The van der Waals surface area contributed by atoms with Crippen LogP contribution in [0.2, 0.25) is 0 Å². The number of hydrogen-bond acceptors (Lipinski definition) is 9. The molecule has 0 aromatic heterocycles. The van der Waals surface area contributed by atoms with Crippen LogP contribution in [-0.2, 0) is 0 Å². The summed E-state index contributed by atoms with van der Waals surface area (Å²) < 4.78 is 0. The molecule has 48 heavy (non-hydrogen) atoms. The van der Waals surface area contributed by atoms with Crippen molar-refractivity contribution in [3.8, 4) is 0 Å². The quantitative estimate of drug-likeness (QED) is 0.0905. The van der Waals surface area contributed by atoms with Crippen LogP contribution in [0.15, 0.2) is 0 Å². The van der Waals surface area contributed by atoms with Crippen LogP contribution in [0.4, 0.5) is 0 Å². The summed E-state index contributed by atoms with van der Waals surface area (Å²) in [7, 11) is 8.93. The number of rotatable bonds is 38. The van der Waals surface area contributed by atoms with Gasteiger partial charge in [0.15, 0.2) is 0 Å². The van der Waals surface area contributed by atoms with Crippen molar-refractivity contribution in [2.24, 2.45) is 0 Å². The summed E-state index contributed by atoms with van der Waals surface area (Å²) in [6, 6.07) is 0. The molecular weight excluding hydrogens is 594 g/mol. The van der Waals surface area contributed by atoms with Crippen molar-refractivity contribution in [1.29, 1.82) is 0 Å². The van der Waals surface area contributed by atoms with E-state index in [0.29, 0.717) is 0 Å². The molecule has 0 saturated carbocycles. The molecule has 0 aliphatic heterocycles. The molecule has 0 atom stereocenters. The maximum Gasteiger partial charge on any atom is 0.0110 e. The molecule has 0 aliphatic carbocycles. The first kappa shape index (κ1) is 47.6. The Morgan fingerprint density at radius 3 is 1.27 bits per heavy atom. The van der Waals surface area contributed by atoms with E-state index in [4.69, 9.17) is 0 Å². The molecule has 0 heterocycles. The minimum Gasteiger partial charge on any atom is -0.318 e. The van der Waals surface area contributed by atoms with Crippen molar-refractivity contribution < 1.29 is 1.43 Å². The maximum absolute atomic E-state index is 3.66. The Morgan fingerprint density at radius 1 is 0.333 bits per heavy atom. The van der Waals surface area contributed by atoms with Gasteiger partial charge in [0.1, 0.15) is 0 Å². The monoisotopic (exact) mass is 686 g/mol. The van der Waals surface area contributed by atoms with Gasteiger partial charge in [-0.3, -0.25) is 9.80 Å². The zero-order valence-corrected chi connectivity index (χ0v) is 34.3. The molecule has 9 nitrogen and oxygen atoms in total. The van der Waals surface area contributed by atoms with Crippen LogP contribution in [0, 0.1) is 0 Å². The molecule has 9 heteroatoms. The predicted octanol–water partition coefficient (Wildman–Crippen LogP) is 4.66. The Bertz CT molecular complexity index is 648. The standard InChI is InChI=1S/C39H89N9.H2/c1-10-15-17-18-25-46(24-16-11-2)37-38-47(27-21-41-19-12-3)33-31-44(9)30-32-45(23-14-5)36-39-48(34-28-42(7)22-13-4)35-29-43(8)26-20-40-6;/h40-41H,10-39H2,1-9H3;1H. The zero-order valence-electron chi connectivity index (χ0n) is 34.3. The van der Waals surface area contributed by atoms with E-state index in [0.717, 1.165) is 91.6 Å². The summed E-state index contributed by atoms with van der Waals surface area (Å²) >= 11 is 0. The van der Waals surface area contributed by atoms with Gasteiger partial charge < -0.3 is 35.1 Å². The summed E-state index contributed by atoms with van der Waals surface area (Å²) in [6.07, 6.45) is 11.7. The van der Waals surface area contributed by atoms with E-state index in [9.17, 15) is 0 Å². The molecular formula is C39H91N9. The van der Waals surface area contributed by atoms with E-state index < -0.39 is 0 Å². The van der Waals surface area contributed by atoms with Crippen molar-refractivity contribution >= 4 is 0 Å². The zero-order chi connectivity index (χ0) is 35.7. The lowest BCUT2D eigenvalue weighted by Crippen LogP contribution is -2.45. The topological polar surface area (TPSA) is 46.7 Å². The van der Waals surface area contributed by atoms with Gasteiger partial charge in [0, 0.05) is 106 Å². The van der Waals surface area contributed by atoms with Crippen molar-refractivity contribution in [1.82, 2.24) is 44.9 Å². The van der Waals surface area contributed by atoms with Crippen LogP contribution >= 0.6 is 0 Å².